The number of piperazine rings is 1. The first-order valence-corrected chi connectivity index (χ1v) is 10.5. The summed E-state index contributed by atoms with van der Waals surface area (Å²) in [6.45, 7) is 7.74. The molecule has 2 aliphatic heterocycles. The van der Waals surface area contributed by atoms with Gasteiger partial charge in [0.25, 0.3) is 0 Å². The van der Waals surface area contributed by atoms with E-state index in [2.05, 4.69) is 20.4 Å². The molecule has 1 aromatic carbocycles. The second-order valence-corrected chi connectivity index (χ2v) is 8.11. The van der Waals surface area contributed by atoms with E-state index >= 15 is 0 Å². The van der Waals surface area contributed by atoms with Crippen molar-refractivity contribution < 1.29 is 19.1 Å². The standard InChI is InChI=1S/C21H30N4O4/c1-14(20(26)22-12-16-3-6-18-19(11-16)29-13-28-18)24-7-9-25(10-8-24)15(2)21(27)23-17-4-5-17/h3,6,11,14-15,17H,4-5,7-10,12-13H2,1-2H3,(H,22,26)(H,23,27)/t14-,15+/m1/s1. The minimum absolute atomic E-state index is 0.00985. The summed E-state index contributed by atoms with van der Waals surface area (Å²) in [6.07, 6.45) is 2.20. The van der Waals surface area contributed by atoms with Gasteiger partial charge in [-0.1, -0.05) is 6.07 Å². The largest absolute Gasteiger partial charge is 0.454 e. The van der Waals surface area contributed by atoms with Crippen LogP contribution in [-0.2, 0) is 16.1 Å². The fourth-order valence-electron chi connectivity index (χ4n) is 3.78. The van der Waals surface area contributed by atoms with Crippen LogP contribution in [0.5, 0.6) is 11.5 Å². The molecule has 2 heterocycles. The van der Waals surface area contributed by atoms with Crippen molar-refractivity contribution in [2.45, 2.75) is 51.4 Å². The Morgan fingerprint density at radius 2 is 1.62 bits per heavy atom. The first-order valence-electron chi connectivity index (χ1n) is 10.5. The molecule has 158 valence electrons. The number of hydrogen-bond acceptors (Lipinski definition) is 6. The number of fused-ring (bicyclic) bond motifs is 1. The molecule has 2 amide bonds. The van der Waals surface area contributed by atoms with Crippen molar-refractivity contribution in [2.75, 3.05) is 33.0 Å². The minimum Gasteiger partial charge on any atom is -0.454 e. The van der Waals surface area contributed by atoms with Gasteiger partial charge in [-0.05, 0) is 44.4 Å². The third-order valence-electron chi connectivity index (χ3n) is 6.03. The van der Waals surface area contributed by atoms with Gasteiger partial charge in [-0.25, -0.2) is 0 Å². The summed E-state index contributed by atoms with van der Waals surface area (Å²) in [4.78, 5) is 29.3. The van der Waals surface area contributed by atoms with Crippen molar-refractivity contribution in [2.24, 2.45) is 0 Å². The Hall–Kier alpha value is -2.32. The molecule has 0 spiro atoms. The van der Waals surface area contributed by atoms with Crippen LogP contribution in [0, 0.1) is 0 Å². The molecular formula is C21H30N4O4. The third kappa shape index (κ3) is 4.82. The van der Waals surface area contributed by atoms with E-state index in [1.54, 1.807) is 0 Å². The quantitative estimate of drug-likeness (QED) is 0.699. The molecule has 8 heteroatoms. The summed E-state index contributed by atoms with van der Waals surface area (Å²) in [5.41, 5.74) is 0.982. The van der Waals surface area contributed by atoms with E-state index < -0.39 is 0 Å². The number of amides is 2. The molecule has 2 N–H and O–H groups in total. The van der Waals surface area contributed by atoms with Crippen LogP contribution in [0.2, 0.25) is 0 Å². The number of hydrogen-bond donors (Lipinski definition) is 2. The molecule has 0 radical (unpaired) electrons. The molecule has 1 aromatic rings. The second-order valence-electron chi connectivity index (χ2n) is 8.11. The van der Waals surface area contributed by atoms with Crippen molar-refractivity contribution in [1.82, 2.24) is 20.4 Å². The van der Waals surface area contributed by atoms with Gasteiger partial charge in [-0.2, -0.15) is 0 Å². The molecular weight excluding hydrogens is 372 g/mol. The number of carbonyl (C=O) groups is 2. The summed E-state index contributed by atoms with van der Waals surface area (Å²) in [7, 11) is 0. The number of nitrogens with zero attached hydrogens (tertiary/aromatic N) is 2. The first kappa shape index (κ1) is 20.0. The fraction of sp³-hybridized carbons (Fsp3) is 0.619. The molecule has 8 nitrogen and oxygen atoms in total. The van der Waals surface area contributed by atoms with Gasteiger partial charge in [0.1, 0.15) is 0 Å². The van der Waals surface area contributed by atoms with E-state index in [0.717, 1.165) is 56.1 Å². The lowest BCUT2D eigenvalue weighted by Crippen LogP contribution is -2.57. The van der Waals surface area contributed by atoms with Crippen LogP contribution in [0.15, 0.2) is 18.2 Å². The number of rotatable bonds is 7. The third-order valence-corrected chi connectivity index (χ3v) is 6.03. The molecule has 3 aliphatic rings. The molecule has 2 atom stereocenters. The normalized spacial score (nSPS) is 21.4. The molecule has 29 heavy (non-hydrogen) atoms. The Labute approximate surface area is 171 Å². The Morgan fingerprint density at radius 1 is 1.00 bits per heavy atom. The van der Waals surface area contributed by atoms with Crippen LogP contribution < -0.4 is 20.1 Å². The first-order chi connectivity index (χ1) is 14.0. The van der Waals surface area contributed by atoms with Gasteiger partial charge < -0.3 is 20.1 Å². The number of benzene rings is 1. The topological polar surface area (TPSA) is 83.1 Å². The molecule has 1 saturated heterocycles. The van der Waals surface area contributed by atoms with Crippen LogP contribution >= 0.6 is 0 Å². The number of carbonyl (C=O) groups excluding carboxylic acids is 2. The van der Waals surface area contributed by atoms with Gasteiger partial charge in [-0.3, -0.25) is 19.4 Å². The zero-order chi connectivity index (χ0) is 20.4. The summed E-state index contributed by atoms with van der Waals surface area (Å²) in [5, 5.41) is 6.09. The molecule has 0 bridgehead atoms. The van der Waals surface area contributed by atoms with Crippen molar-refractivity contribution in [3.63, 3.8) is 0 Å². The van der Waals surface area contributed by atoms with E-state index in [9.17, 15) is 9.59 Å². The smallest absolute Gasteiger partial charge is 0.237 e. The zero-order valence-corrected chi connectivity index (χ0v) is 17.1. The molecule has 0 unspecified atom stereocenters. The van der Waals surface area contributed by atoms with E-state index in [1.165, 1.54) is 0 Å². The minimum atomic E-state index is -0.207. The van der Waals surface area contributed by atoms with E-state index in [1.807, 2.05) is 32.0 Å². The van der Waals surface area contributed by atoms with Crippen LogP contribution in [-0.4, -0.2) is 72.7 Å². The number of nitrogens with one attached hydrogen (secondary N) is 2. The van der Waals surface area contributed by atoms with E-state index in [0.29, 0.717) is 12.6 Å². The monoisotopic (exact) mass is 402 g/mol. The predicted molar refractivity (Wildman–Crippen MR) is 108 cm³/mol. The lowest BCUT2D eigenvalue weighted by Gasteiger charge is -2.39. The van der Waals surface area contributed by atoms with Crippen LogP contribution in [0.4, 0.5) is 0 Å². The highest BCUT2D eigenvalue weighted by Crippen LogP contribution is 2.32. The summed E-state index contributed by atoms with van der Waals surface area (Å²) in [5.74, 6) is 1.60. The lowest BCUT2D eigenvalue weighted by atomic mass is 10.1. The molecule has 1 saturated carbocycles. The number of ether oxygens (including phenoxy) is 2. The van der Waals surface area contributed by atoms with Crippen molar-refractivity contribution in [1.29, 1.82) is 0 Å². The molecule has 0 aromatic heterocycles. The van der Waals surface area contributed by atoms with Gasteiger partial charge in [0.15, 0.2) is 11.5 Å². The Kier molecular flexibility index (Phi) is 5.91. The zero-order valence-electron chi connectivity index (χ0n) is 17.1. The van der Waals surface area contributed by atoms with Crippen LogP contribution in [0.25, 0.3) is 0 Å². The fourth-order valence-corrected chi connectivity index (χ4v) is 3.78. The highest BCUT2D eigenvalue weighted by molar-refractivity contribution is 5.82. The summed E-state index contributed by atoms with van der Waals surface area (Å²) < 4.78 is 10.7. The average molecular weight is 402 g/mol. The van der Waals surface area contributed by atoms with Gasteiger partial charge in [0.2, 0.25) is 18.6 Å². The van der Waals surface area contributed by atoms with Crippen LogP contribution in [0.1, 0.15) is 32.3 Å². The Morgan fingerprint density at radius 3 is 2.28 bits per heavy atom. The predicted octanol–water partition coefficient (Wildman–Crippen LogP) is 0.705. The molecule has 4 rings (SSSR count). The maximum absolute atomic E-state index is 12.6. The van der Waals surface area contributed by atoms with Crippen LogP contribution in [0.3, 0.4) is 0 Å². The maximum atomic E-state index is 12.6. The molecule has 1 aliphatic carbocycles. The van der Waals surface area contributed by atoms with Gasteiger partial charge in [0.05, 0.1) is 12.1 Å². The van der Waals surface area contributed by atoms with E-state index in [4.69, 9.17) is 9.47 Å². The summed E-state index contributed by atoms with van der Waals surface area (Å²) in [6, 6.07) is 5.77. The average Bonchev–Trinajstić information content (AvgIpc) is 3.43. The Bertz CT molecular complexity index is 759. The Balaban J connectivity index is 1.22. The van der Waals surface area contributed by atoms with Gasteiger partial charge >= 0.3 is 0 Å². The second kappa shape index (κ2) is 8.59. The highest BCUT2D eigenvalue weighted by Gasteiger charge is 2.32. The highest BCUT2D eigenvalue weighted by atomic mass is 16.7. The maximum Gasteiger partial charge on any atom is 0.237 e. The van der Waals surface area contributed by atoms with Crippen molar-refractivity contribution >= 4 is 11.8 Å². The van der Waals surface area contributed by atoms with Gasteiger partial charge in [-0.15, -0.1) is 0 Å². The summed E-state index contributed by atoms with van der Waals surface area (Å²) >= 11 is 0. The lowest BCUT2D eigenvalue weighted by molar-refractivity contribution is -0.130. The van der Waals surface area contributed by atoms with Crippen molar-refractivity contribution in [3.05, 3.63) is 23.8 Å². The molecule has 2 fully saturated rings. The van der Waals surface area contributed by atoms with E-state index in [-0.39, 0.29) is 30.7 Å². The van der Waals surface area contributed by atoms with Crippen molar-refractivity contribution in [3.8, 4) is 11.5 Å². The van der Waals surface area contributed by atoms with Gasteiger partial charge in [0, 0.05) is 38.8 Å². The SMILES string of the molecule is C[C@H](C(=O)NCc1ccc2c(c1)OCO2)N1CCN([C@@H](C)C(=O)NC2CC2)CC1.